The Morgan fingerprint density at radius 2 is 2.07 bits per heavy atom. The number of aryl methyl sites for hydroxylation is 1. The maximum Gasteiger partial charge on any atom is 0.320 e. The van der Waals surface area contributed by atoms with Crippen LogP contribution in [0.4, 0.5) is 15.0 Å². The van der Waals surface area contributed by atoms with Gasteiger partial charge in [0.25, 0.3) is 0 Å². The van der Waals surface area contributed by atoms with Crippen LogP contribution in [0.25, 0.3) is 22.2 Å². The summed E-state index contributed by atoms with van der Waals surface area (Å²) in [7, 11) is 0. The number of aromatic amines is 1. The third-order valence-electron chi connectivity index (χ3n) is 4.31. The molecule has 7 nitrogen and oxygen atoms in total. The Hall–Kier alpha value is -3.52. The van der Waals surface area contributed by atoms with E-state index in [0.717, 1.165) is 27.9 Å². The second-order valence-corrected chi connectivity index (χ2v) is 6.82. The van der Waals surface area contributed by atoms with Crippen molar-refractivity contribution in [3.05, 3.63) is 70.9 Å². The minimum Gasteiger partial charge on any atom is -0.334 e. The van der Waals surface area contributed by atoms with Crippen LogP contribution in [0.2, 0.25) is 5.02 Å². The first-order valence-electron chi connectivity index (χ1n) is 8.75. The number of amides is 2. The standard InChI is InChI=1S/C20H16ClFN6O/c1-11-6-12(4-5-23-11)19-15-10-24-18(8-17(15)27-28-19)26-20(29)25-9-13-2-3-14(22)7-16(13)21/h2-8,10H,9H2,1H3,(H,27,28)(H2,24,25,26,29). The van der Waals surface area contributed by atoms with Gasteiger partial charge < -0.3 is 5.32 Å². The highest BCUT2D eigenvalue weighted by Crippen LogP contribution is 2.27. The van der Waals surface area contributed by atoms with Gasteiger partial charge in [-0.3, -0.25) is 15.4 Å². The van der Waals surface area contributed by atoms with Crippen LogP contribution >= 0.6 is 11.6 Å². The van der Waals surface area contributed by atoms with E-state index in [0.29, 0.717) is 11.4 Å². The summed E-state index contributed by atoms with van der Waals surface area (Å²) < 4.78 is 13.1. The van der Waals surface area contributed by atoms with E-state index in [-0.39, 0.29) is 11.6 Å². The molecule has 4 rings (SSSR count). The lowest BCUT2D eigenvalue weighted by molar-refractivity contribution is 0.251. The fourth-order valence-electron chi connectivity index (χ4n) is 2.90. The summed E-state index contributed by atoms with van der Waals surface area (Å²) in [5.41, 5.74) is 3.93. The van der Waals surface area contributed by atoms with E-state index in [4.69, 9.17) is 11.6 Å². The quantitative estimate of drug-likeness (QED) is 0.463. The Morgan fingerprint density at radius 1 is 1.21 bits per heavy atom. The minimum atomic E-state index is -0.457. The van der Waals surface area contributed by atoms with Crippen molar-refractivity contribution in [2.24, 2.45) is 0 Å². The molecule has 0 bridgehead atoms. The average Bonchev–Trinajstić information content (AvgIpc) is 3.10. The number of carbonyl (C=O) groups is 1. The fourth-order valence-corrected chi connectivity index (χ4v) is 3.13. The van der Waals surface area contributed by atoms with Crippen molar-refractivity contribution in [1.29, 1.82) is 0 Å². The molecule has 1 aromatic carbocycles. The van der Waals surface area contributed by atoms with Gasteiger partial charge in [0.05, 0.1) is 5.52 Å². The van der Waals surface area contributed by atoms with Gasteiger partial charge in [0.2, 0.25) is 0 Å². The summed E-state index contributed by atoms with van der Waals surface area (Å²) in [6.07, 6.45) is 3.38. The first-order valence-corrected chi connectivity index (χ1v) is 9.13. The molecule has 0 saturated heterocycles. The number of H-pyrrole nitrogens is 1. The molecular weight excluding hydrogens is 395 g/mol. The van der Waals surface area contributed by atoms with Gasteiger partial charge in [-0.2, -0.15) is 5.10 Å². The summed E-state index contributed by atoms with van der Waals surface area (Å²) >= 11 is 5.96. The maximum atomic E-state index is 13.1. The molecule has 0 aliphatic rings. The Bertz CT molecular complexity index is 1210. The van der Waals surface area contributed by atoms with Crippen LogP contribution in [0.15, 0.2) is 48.8 Å². The van der Waals surface area contributed by atoms with Crippen LogP contribution in [-0.4, -0.2) is 26.2 Å². The summed E-state index contributed by atoms with van der Waals surface area (Å²) in [5, 5.41) is 13.7. The van der Waals surface area contributed by atoms with Gasteiger partial charge in [0, 0.05) is 46.7 Å². The Balaban J connectivity index is 1.46. The minimum absolute atomic E-state index is 0.156. The van der Waals surface area contributed by atoms with Crippen molar-refractivity contribution in [3.63, 3.8) is 0 Å². The number of hydrogen-bond acceptors (Lipinski definition) is 4. The first kappa shape index (κ1) is 18.8. The lowest BCUT2D eigenvalue weighted by Gasteiger charge is -2.08. The lowest BCUT2D eigenvalue weighted by atomic mass is 10.1. The van der Waals surface area contributed by atoms with Gasteiger partial charge in [0.1, 0.15) is 17.3 Å². The second-order valence-electron chi connectivity index (χ2n) is 6.42. The third-order valence-corrected chi connectivity index (χ3v) is 4.67. The molecule has 3 N–H and O–H groups in total. The molecule has 0 aliphatic heterocycles. The van der Waals surface area contributed by atoms with E-state index >= 15 is 0 Å². The number of nitrogens with zero attached hydrogens (tertiary/aromatic N) is 3. The molecule has 0 spiro atoms. The SMILES string of the molecule is Cc1cc(-c2n[nH]c3cc(NC(=O)NCc4ccc(F)cc4Cl)ncc23)ccn1. The van der Waals surface area contributed by atoms with Crippen LogP contribution in [-0.2, 0) is 6.54 Å². The van der Waals surface area contributed by atoms with E-state index < -0.39 is 11.8 Å². The van der Waals surface area contributed by atoms with Gasteiger partial charge in [-0.25, -0.2) is 14.2 Å². The van der Waals surface area contributed by atoms with E-state index in [2.05, 4.69) is 30.8 Å². The van der Waals surface area contributed by atoms with Crippen LogP contribution in [0.5, 0.6) is 0 Å². The summed E-state index contributed by atoms with van der Waals surface area (Å²) in [6, 6.07) is 9.07. The van der Waals surface area contributed by atoms with Crippen molar-refractivity contribution < 1.29 is 9.18 Å². The largest absolute Gasteiger partial charge is 0.334 e. The number of rotatable bonds is 4. The van der Waals surface area contributed by atoms with Crippen LogP contribution in [0, 0.1) is 12.7 Å². The molecule has 0 aliphatic carbocycles. The molecule has 0 fully saturated rings. The molecule has 0 atom stereocenters. The average molecular weight is 411 g/mol. The van der Waals surface area contributed by atoms with Gasteiger partial charge in [0.15, 0.2) is 0 Å². The van der Waals surface area contributed by atoms with Crippen LogP contribution < -0.4 is 10.6 Å². The zero-order valence-corrected chi connectivity index (χ0v) is 16.1. The van der Waals surface area contributed by atoms with Crippen LogP contribution in [0.1, 0.15) is 11.3 Å². The van der Waals surface area contributed by atoms with E-state index in [1.165, 1.54) is 18.2 Å². The molecule has 9 heteroatoms. The van der Waals surface area contributed by atoms with Crippen LogP contribution in [0.3, 0.4) is 0 Å². The van der Waals surface area contributed by atoms with E-state index in [9.17, 15) is 9.18 Å². The van der Waals surface area contributed by atoms with E-state index in [1.807, 2.05) is 19.1 Å². The molecular formula is C20H16ClFN6O. The highest BCUT2D eigenvalue weighted by molar-refractivity contribution is 6.31. The molecule has 3 aromatic heterocycles. The number of pyridine rings is 2. The van der Waals surface area contributed by atoms with Gasteiger partial charge in [-0.1, -0.05) is 17.7 Å². The molecule has 0 unspecified atom stereocenters. The Labute approximate surface area is 170 Å². The molecule has 146 valence electrons. The van der Waals surface area contributed by atoms with Gasteiger partial charge >= 0.3 is 6.03 Å². The lowest BCUT2D eigenvalue weighted by Crippen LogP contribution is -2.28. The van der Waals surface area contributed by atoms with Gasteiger partial charge in [-0.15, -0.1) is 0 Å². The number of hydrogen-bond donors (Lipinski definition) is 3. The number of aromatic nitrogens is 4. The molecule has 0 radical (unpaired) electrons. The zero-order chi connectivity index (χ0) is 20.4. The molecule has 3 heterocycles. The molecule has 29 heavy (non-hydrogen) atoms. The topological polar surface area (TPSA) is 95.6 Å². The Morgan fingerprint density at radius 3 is 2.86 bits per heavy atom. The predicted octanol–water partition coefficient (Wildman–Crippen LogP) is 4.44. The molecule has 4 aromatic rings. The van der Waals surface area contributed by atoms with Gasteiger partial charge in [-0.05, 0) is 36.8 Å². The number of nitrogens with one attached hydrogen (secondary N) is 3. The monoisotopic (exact) mass is 410 g/mol. The van der Waals surface area contributed by atoms with E-state index in [1.54, 1.807) is 18.5 Å². The highest BCUT2D eigenvalue weighted by Gasteiger charge is 2.11. The number of anilines is 1. The fraction of sp³-hybridized carbons (Fsp3) is 0.100. The van der Waals surface area contributed by atoms with Crippen molar-refractivity contribution in [3.8, 4) is 11.3 Å². The molecule has 0 saturated carbocycles. The molecule has 2 amide bonds. The third kappa shape index (κ3) is 4.17. The second kappa shape index (κ2) is 7.84. The number of urea groups is 1. The first-order chi connectivity index (χ1) is 14.0. The van der Waals surface area contributed by atoms with Crippen molar-refractivity contribution in [2.75, 3.05) is 5.32 Å². The number of halogens is 2. The smallest absolute Gasteiger partial charge is 0.320 e. The van der Waals surface area contributed by atoms with Crippen molar-refractivity contribution in [1.82, 2.24) is 25.5 Å². The summed E-state index contributed by atoms with van der Waals surface area (Å²) in [4.78, 5) is 20.6. The number of benzene rings is 1. The van der Waals surface area contributed by atoms with Crippen molar-refractivity contribution in [2.45, 2.75) is 13.5 Å². The Kier molecular flexibility index (Phi) is 5.09. The van der Waals surface area contributed by atoms with Crippen molar-refractivity contribution >= 4 is 34.4 Å². The highest BCUT2D eigenvalue weighted by atomic mass is 35.5. The number of fused-ring (bicyclic) bond motifs is 1. The normalized spacial score (nSPS) is 10.9. The number of carbonyl (C=O) groups excluding carboxylic acids is 1. The summed E-state index contributed by atoms with van der Waals surface area (Å²) in [5.74, 6) is -0.0668. The zero-order valence-electron chi connectivity index (χ0n) is 15.3. The summed E-state index contributed by atoms with van der Waals surface area (Å²) in [6.45, 7) is 2.07. The maximum absolute atomic E-state index is 13.1. The predicted molar refractivity (Wildman–Crippen MR) is 109 cm³/mol.